The Morgan fingerprint density at radius 3 is 2.89 bits per heavy atom. The number of hydrogen-bond acceptors (Lipinski definition) is 9. The monoisotopic (exact) mass is 537 g/mol. The Morgan fingerprint density at radius 1 is 1.26 bits per heavy atom. The van der Waals surface area contributed by atoms with E-state index in [2.05, 4.69) is 46.1 Å². The van der Waals surface area contributed by atoms with Gasteiger partial charge in [-0.25, -0.2) is 14.5 Å². The number of anilines is 2. The number of aliphatic hydroxyl groups excluding tert-OH is 1. The first kappa shape index (κ1) is 24.6. The summed E-state index contributed by atoms with van der Waals surface area (Å²) in [6, 6.07) is 3.76. The maximum Gasteiger partial charge on any atom is 0.210 e. The van der Waals surface area contributed by atoms with Crippen LogP contribution < -0.4 is 10.1 Å². The molecule has 38 heavy (non-hydrogen) atoms. The summed E-state index contributed by atoms with van der Waals surface area (Å²) in [7, 11) is 1.85. The number of aryl methyl sites for hydroxylation is 1. The van der Waals surface area contributed by atoms with E-state index in [1.165, 1.54) is 6.20 Å². The van der Waals surface area contributed by atoms with Gasteiger partial charge in [-0.1, -0.05) is 32.4 Å². The summed E-state index contributed by atoms with van der Waals surface area (Å²) in [5, 5.41) is 22.5. The summed E-state index contributed by atoms with van der Waals surface area (Å²) in [6.07, 6.45) is 7.03. The number of halogens is 1. The third-order valence-corrected chi connectivity index (χ3v) is 7.03. The van der Waals surface area contributed by atoms with E-state index in [-0.39, 0.29) is 24.2 Å². The summed E-state index contributed by atoms with van der Waals surface area (Å²) in [6.45, 7) is 6.94. The van der Waals surface area contributed by atoms with Gasteiger partial charge in [-0.05, 0) is 6.42 Å². The highest BCUT2D eigenvalue weighted by Crippen LogP contribution is 2.37. The molecule has 198 valence electrons. The van der Waals surface area contributed by atoms with E-state index < -0.39 is 0 Å². The summed E-state index contributed by atoms with van der Waals surface area (Å²) >= 11 is 6.76. The highest BCUT2D eigenvalue weighted by molar-refractivity contribution is 6.36. The molecule has 2 N–H and O–H groups in total. The second-order valence-electron chi connectivity index (χ2n) is 10.3. The molecule has 0 unspecified atom stereocenters. The van der Waals surface area contributed by atoms with Gasteiger partial charge in [0.2, 0.25) is 5.95 Å². The van der Waals surface area contributed by atoms with Crippen LogP contribution in [-0.4, -0.2) is 63.3 Å². The van der Waals surface area contributed by atoms with Gasteiger partial charge in [-0.2, -0.15) is 15.2 Å². The Bertz CT molecular complexity index is 1630. The maximum absolute atomic E-state index is 9.80. The van der Waals surface area contributed by atoms with Crippen molar-refractivity contribution in [2.45, 2.75) is 44.8 Å². The van der Waals surface area contributed by atoms with Crippen LogP contribution in [0.5, 0.6) is 11.5 Å². The standard InChI is InChI=1S/C25H28ClN9O3/c1-25(2,3)18-9-19(32-35(18)15-6-8-37-17(15)13-36)30-24-31-23-22(33(24)4)21(26)16(11-28-23)38-14-10-27-20-5-7-29-34(20)12-14/h5,7,9-12,15,17,36H,6,8,13H2,1-4H3,(H,28,30,31,32)/t15-,17-/m1/s1. The van der Waals surface area contributed by atoms with Crippen LogP contribution in [0, 0.1) is 0 Å². The molecule has 1 saturated heterocycles. The molecule has 0 aromatic carbocycles. The van der Waals surface area contributed by atoms with E-state index in [4.69, 9.17) is 26.2 Å². The van der Waals surface area contributed by atoms with Crippen molar-refractivity contribution in [3.63, 3.8) is 0 Å². The number of pyridine rings is 1. The second kappa shape index (κ2) is 9.22. The molecule has 1 aliphatic heterocycles. The molecule has 6 rings (SSSR count). The number of nitrogens with one attached hydrogen (secondary N) is 1. The Labute approximate surface area is 223 Å². The number of hydrogen-bond donors (Lipinski definition) is 2. The van der Waals surface area contributed by atoms with E-state index >= 15 is 0 Å². The summed E-state index contributed by atoms with van der Waals surface area (Å²) in [5.41, 5.74) is 2.64. The van der Waals surface area contributed by atoms with Crippen LogP contribution in [0.15, 0.2) is 36.9 Å². The molecule has 2 atom stereocenters. The van der Waals surface area contributed by atoms with E-state index in [1.807, 2.05) is 22.4 Å². The molecular weight excluding hydrogens is 510 g/mol. The van der Waals surface area contributed by atoms with Crippen LogP contribution >= 0.6 is 11.6 Å². The first-order chi connectivity index (χ1) is 18.2. The highest BCUT2D eigenvalue weighted by Gasteiger charge is 2.34. The predicted molar refractivity (Wildman–Crippen MR) is 141 cm³/mol. The number of ether oxygens (including phenoxy) is 2. The molecule has 0 saturated carbocycles. The van der Waals surface area contributed by atoms with Crippen LogP contribution in [0.2, 0.25) is 5.02 Å². The van der Waals surface area contributed by atoms with Gasteiger partial charge in [0.1, 0.15) is 16.6 Å². The minimum absolute atomic E-state index is 0.0449. The van der Waals surface area contributed by atoms with Gasteiger partial charge in [-0.15, -0.1) is 0 Å². The number of rotatable bonds is 6. The molecular formula is C25H28ClN9O3. The van der Waals surface area contributed by atoms with Crippen molar-refractivity contribution in [1.82, 2.24) is 38.9 Å². The van der Waals surface area contributed by atoms with Crippen molar-refractivity contribution in [2.75, 3.05) is 18.5 Å². The molecule has 0 amide bonds. The van der Waals surface area contributed by atoms with Crippen molar-refractivity contribution in [3.05, 3.63) is 47.6 Å². The fourth-order valence-corrected chi connectivity index (χ4v) is 5.04. The average molecular weight is 538 g/mol. The molecule has 0 aliphatic carbocycles. The average Bonchev–Trinajstić information content (AvgIpc) is 3.66. The van der Waals surface area contributed by atoms with Crippen molar-refractivity contribution in [2.24, 2.45) is 7.05 Å². The van der Waals surface area contributed by atoms with Gasteiger partial charge < -0.3 is 24.5 Å². The van der Waals surface area contributed by atoms with Crippen LogP contribution in [0.4, 0.5) is 11.8 Å². The Morgan fingerprint density at radius 2 is 2.11 bits per heavy atom. The van der Waals surface area contributed by atoms with Crippen LogP contribution in [0.3, 0.4) is 0 Å². The van der Waals surface area contributed by atoms with E-state index in [0.29, 0.717) is 51.7 Å². The molecule has 1 aliphatic rings. The highest BCUT2D eigenvalue weighted by atomic mass is 35.5. The zero-order chi connectivity index (χ0) is 26.6. The number of imidazole rings is 1. The lowest BCUT2D eigenvalue weighted by atomic mass is 9.91. The Balaban J connectivity index is 1.32. The smallest absolute Gasteiger partial charge is 0.210 e. The summed E-state index contributed by atoms with van der Waals surface area (Å²) in [4.78, 5) is 13.4. The third-order valence-electron chi connectivity index (χ3n) is 6.67. The van der Waals surface area contributed by atoms with Crippen LogP contribution in [0.25, 0.3) is 16.8 Å². The molecule has 0 spiro atoms. The summed E-state index contributed by atoms with van der Waals surface area (Å²) in [5.74, 6) is 2.00. The van der Waals surface area contributed by atoms with Gasteiger partial charge in [0, 0.05) is 36.9 Å². The van der Waals surface area contributed by atoms with E-state index in [9.17, 15) is 5.11 Å². The maximum atomic E-state index is 9.80. The number of aliphatic hydroxyl groups is 1. The Kier molecular flexibility index (Phi) is 5.97. The molecule has 0 radical (unpaired) electrons. The van der Waals surface area contributed by atoms with Gasteiger partial charge in [-0.3, -0.25) is 4.68 Å². The molecule has 5 aromatic heterocycles. The van der Waals surface area contributed by atoms with Crippen molar-refractivity contribution < 1.29 is 14.6 Å². The lowest BCUT2D eigenvalue weighted by molar-refractivity contribution is 0.0391. The van der Waals surface area contributed by atoms with Crippen LogP contribution in [-0.2, 0) is 17.2 Å². The van der Waals surface area contributed by atoms with Crippen molar-refractivity contribution >= 4 is 40.2 Å². The quantitative estimate of drug-likeness (QED) is 0.330. The minimum Gasteiger partial charge on any atom is -0.451 e. The van der Waals surface area contributed by atoms with Crippen molar-refractivity contribution in [3.8, 4) is 11.5 Å². The molecule has 5 aromatic rings. The molecule has 6 heterocycles. The first-order valence-corrected chi connectivity index (χ1v) is 12.7. The largest absolute Gasteiger partial charge is 0.451 e. The third kappa shape index (κ3) is 4.24. The SMILES string of the molecule is Cn1c(Nc2cc(C(C)(C)C)n([C@@H]3CCO[C@@H]3CO)n2)nc2ncc(Oc3cnc4ccnn4c3)c(Cl)c21. The number of fused-ring (bicyclic) bond motifs is 2. The van der Waals surface area contributed by atoms with Gasteiger partial charge >= 0.3 is 0 Å². The predicted octanol–water partition coefficient (Wildman–Crippen LogP) is 4.02. The molecule has 13 heteroatoms. The van der Waals surface area contributed by atoms with Gasteiger partial charge in [0.25, 0.3) is 0 Å². The first-order valence-electron chi connectivity index (χ1n) is 12.3. The van der Waals surface area contributed by atoms with Crippen molar-refractivity contribution in [1.29, 1.82) is 0 Å². The van der Waals surface area contributed by atoms with E-state index in [0.717, 1.165) is 12.1 Å². The second-order valence-corrected chi connectivity index (χ2v) is 10.7. The summed E-state index contributed by atoms with van der Waals surface area (Å²) < 4.78 is 17.1. The molecule has 12 nitrogen and oxygen atoms in total. The van der Waals surface area contributed by atoms with Gasteiger partial charge in [0.15, 0.2) is 28.6 Å². The van der Waals surface area contributed by atoms with Gasteiger partial charge in [0.05, 0.1) is 37.4 Å². The van der Waals surface area contributed by atoms with E-state index in [1.54, 1.807) is 29.2 Å². The minimum atomic E-state index is -0.287. The fraction of sp³-hybridized carbons (Fsp3) is 0.400. The zero-order valence-corrected chi connectivity index (χ0v) is 22.2. The number of aromatic nitrogens is 8. The van der Waals surface area contributed by atoms with Crippen LogP contribution in [0.1, 0.15) is 38.9 Å². The number of nitrogens with zero attached hydrogens (tertiary/aromatic N) is 8. The lowest BCUT2D eigenvalue weighted by Crippen LogP contribution is -2.29. The fourth-order valence-electron chi connectivity index (χ4n) is 4.74. The lowest BCUT2D eigenvalue weighted by Gasteiger charge is -2.25. The topological polar surface area (TPSA) is 129 Å². The Hall–Kier alpha value is -3.74. The normalized spacial score (nSPS) is 18.1. The molecule has 1 fully saturated rings. The molecule has 0 bridgehead atoms. The zero-order valence-electron chi connectivity index (χ0n) is 21.5.